The third-order valence-electron chi connectivity index (χ3n) is 4.15. The number of pyridine rings is 1. The largest absolute Gasteiger partial charge is 0.619 e. The Morgan fingerprint density at radius 2 is 1.83 bits per heavy atom. The average Bonchev–Trinajstić information content (AvgIpc) is 2.59. The van der Waals surface area contributed by atoms with E-state index < -0.39 is 0 Å². The maximum absolute atomic E-state index is 13.9. The quantitative estimate of drug-likeness (QED) is 0.629. The van der Waals surface area contributed by atoms with Crippen LogP contribution < -0.4 is 4.73 Å². The maximum atomic E-state index is 13.9. The predicted molar refractivity (Wildman–Crippen MR) is 88.0 cm³/mol. The Bertz CT molecular complexity index is 711. The summed E-state index contributed by atoms with van der Waals surface area (Å²) in [6, 6.07) is 7.70. The lowest BCUT2D eigenvalue weighted by Gasteiger charge is -2.34. The highest BCUT2D eigenvalue weighted by Crippen LogP contribution is 2.21. The van der Waals surface area contributed by atoms with E-state index in [1.54, 1.807) is 17.0 Å². The molecule has 0 saturated carbocycles. The molecular formula is C17H17ClFN3O2. The minimum Gasteiger partial charge on any atom is -0.619 e. The number of aromatic nitrogens is 1. The van der Waals surface area contributed by atoms with Gasteiger partial charge in [-0.3, -0.25) is 9.69 Å². The highest BCUT2D eigenvalue weighted by Gasteiger charge is 2.23. The van der Waals surface area contributed by atoms with Gasteiger partial charge in [0.2, 0.25) is 0 Å². The molecule has 2 aromatic rings. The molecule has 1 aromatic carbocycles. The Balaban J connectivity index is 1.59. The number of hydrogen-bond donors (Lipinski definition) is 0. The molecule has 1 saturated heterocycles. The number of rotatable bonds is 3. The van der Waals surface area contributed by atoms with Crippen molar-refractivity contribution < 1.29 is 13.9 Å². The maximum Gasteiger partial charge on any atom is 0.254 e. The van der Waals surface area contributed by atoms with Crippen molar-refractivity contribution in [3.05, 3.63) is 69.9 Å². The highest BCUT2D eigenvalue weighted by atomic mass is 35.5. The van der Waals surface area contributed by atoms with Crippen LogP contribution in [0.2, 0.25) is 5.02 Å². The summed E-state index contributed by atoms with van der Waals surface area (Å²) in [5, 5.41) is 11.5. The Morgan fingerprint density at radius 3 is 2.46 bits per heavy atom. The van der Waals surface area contributed by atoms with Gasteiger partial charge >= 0.3 is 0 Å². The van der Waals surface area contributed by atoms with Gasteiger partial charge in [0.1, 0.15) is 5.82 Å². The van der Waals surface area contributed by atoms with Crippen LogP contribution in [0.5, 0.6) is 0 Å². The molecule has 24 heavy (non-hydrogen) atoms. The van der Waals surface area contributed by atoms with Crippen molar-refractivity contribution in [2.45, 2.75) is 6.54 Å². The van der Waals surface area contributed by atoms with Gasteiger partial charge in [-0.25, -0.2) is 4.39 Å². The molecule has 0 spiro atoms. The van der Waals surface area contributed by atoms with Crippen LogP contribution in [0, 0.1) is 11.0 Å². The molecule has 0 N–H and O–H groups in total. The van der Waals surface area contributed by atoms with Crippen molar-refractivity contribution in [2.75, 3.05) is 26.2 Å². The lowest BCUT2D eigenvalue weighted by atomic mass is 10.1. The SMILES string of the molecule is O=C(c1cc[n+]([O-])cc1)N1CCN(Cc2c(F)cccc2Cl)CC1. The molecule has 0 aliphatic carbocycles. The number of carbonyl (C=O) groups is 1. The topological polar surface area (TPSA) is 50.5 Å². The summed E-state index contributed by atoms with van der Waals surface area (Å²) in [5.41, 5.74) is 0.981. The van der Waals surface area contributed by atoms with Gasteiger partial charge in [-0.2, -0.15) is 4.73 Å². The minimum absolute atomic E-state index is 0.0980. The number of hydrogen-bond acceptors (Lipinski definition) is 3. The highest BCUT2D eigenvalue weighted by molar-refractivity contribution is 6.31. The van der Waals surface area contributed by atoms with Gasteiger partial charge in [-0.05, 0) is 12.1 Å². The van der Waals surface area contributed by atoms with Gasteiger partial charge in [-0.1, -0.05) is 17.7 Å². The van der Waals surface area contributed by atoms with Crippen LogP contribution in [0.3, 0.4) is 0 Å². The second-order valence-electron chi connectivity index (χ2n) is 5.72. The normalized spacial score (nSPS) is 15.5. The fourth-order valence-corrected chi connectivity index (χ4v) is 2.98. The smallest absolute Gasteiger partial charge is 0.254 e. The molecule has 1 fully saturated rings. The van der Waals surface area contributed by atoms with E-state index in [1.165, 1.54) is 30.6 Å². The fraction of sp³-hybridized carbons (Fsp3) is 0.294. The summed E-state index contributed by atoms with van der Waals surface area (Å²) >= 11 is 6.06. The van der Waals surface area contributed by atoms with Gasteiger partial charge in [0, 0.05) is 55.4 Å². The first-order valence-corrected chi connectivity index (χ1v) is 8.06. The standard InChI is InChI=1S/C17H17ClFN3O2/c18-15-2-1-3-16(19)14(15)12-20-8-10-21(11-9-20)17(23)13-4-6-22(24)7-5-13/h1-7H,8-12H2. The lowest BCUT2D eigenvalue weighted by Crippen LogP contribution is -2.48. The first kappa shape index (κ1) is 16.7. The molecule has 5 nitrogen and oxygen atoms in total. The van der Waals surface area contributed by atoms with Crippen molar-refractivity contribution in [3.63, 3.8) is 0 Å². The van der Waals surface area contributed by atoms with Gasteiger partial charge in [0.25, 0.3) is 5.91 Å². The van der Waals surface area contributed by atoms with Crippen molar-refractivity contribution >= 4 is 17.5 Å². The molecule has 1 aliphatic heterocycles. The molecule has 2 heterocycles. The Kier molecular flexibility index (Phi) is 4.97. The molecule has 0 radical (unpaired) electrons. The minimum atomic E-state index is -0.309. The van der Waals surface area contributed by atoms with Gasteiger partial charge in [-0.15, -0.1) is 0 Å². The number of nitrogens with zero attached hydrogens (tertiary/aromatic N) is 3. The number of piperazine rings is 1. The van der Waals surface area contributed by atoms with Crippen LogP contribution in [0.15, 0.2) is 42.7 Å². The van der Waals surface area contributed by atoms with Crippen LogP contribution in [-0.4, -0.2) is 41.9 Å². The zero-order chi connectivity index (χ0) is 17.1. The van der Waals surface area contributed by atoms with E-state index >= 15 is 0 Å². The van der Waals surface area contributed by atoms with Gasteiger partial charge in [0.05, 0.1) is 5.56 Å². The zero-order valence-corrected chi connectivity index (χ0v) is 13.7. The van der Waals surface area contributed by atoms with Crippen molar-refractivity contribution in [1.29, 1.82) is 0 Å². The molecule has 1 aliphatic rings. The summed E-state index contributed by atoms with van der Waals surface area (Å²) in [7, 11) is 0. The van der Waals surface area contributed by atoms with Crippen LogP contribution in [0.25, 0.3) is 0 Å². The third kappa shape index (κ3) is 3.66. The second-order valence-corrected chi connectivity index (χ2v) is 6.12. The van der Waals surface area contributed by atoms with Crippen LogP contribution >= 0.6 is 11.6 Å². The summed E-state index contributed by atoms with van der Waals surface area (Å²) < 4.78 is 14.5. The molecule has 3 rings (SSSR count). The van der Waals surface area contributed by atoms with E-state index in [2.05, 4.69) is 4.90 Å². The van der Waals surface area contributed by atoms with Gasteiger partial charge in [0.15, 0.2) is 12.4 Å². The molecule has 7 heteroatoms. The van der Waals surface area contributed by atoms with E-state index in [-0.39, 0.29) is 11.7 Å². The van der Waals surface area contributed by atoms with E-state index in [0.717, 1.165) is 0 Å². The van der Waals surface area contributed by atoms with Crippen molar-refractivity contribution in [3.8, 4) is 0 Å². The summed E-state index contributed by atoms with van der Waals surface area (Å²) in [4.78, 5) is 16.2. The number of halogens is 2. The molecular weight excluding hydrogens is 333 g/mol. The lowest BCUT2D eigenvalue weighted by molar-refractivity contribution is -0.605. The Morgan fingerprint density at radius 1 is 1.17 bits per heavy atom. The Hall–Kier alpha value is -2.18. The van der Waals surface area contributed by atoms with E-state index in [9.17, 15) is 14.4 Å². The summed E-state index contributed by atoms with van der Waals surface area (Å²) in [6.07, 6.45) is 2.62. The van der Waals surface area contributed by atoms with E-state index in [4.69, 9.17) is 11.6 Å². The van der Waals surface area contributed by atoms with Crippen LogP contribution in [-0.2, 0) is 6.54 Å². The molecule has 0 atom stereocenters. The number of amides is 1. The molecule has 1 aromatic heterocycles. The molecule has 1 amide bonds. The monoisotopic (exact) mass is 349 g/mol. The van der Waals surface area contributed by atoms with Crippen LogP contribution in [0.4, 0.5) is 4.39 Å². The van der Waals surface area contributed by atoms with Crippen molar-refractivity contribution in [2.24, 2.45) is 0 Å². The van der Waals surface area contributed by atoms with E-state index in [1.807, 2.05) is 0 Å². The molecule has 126 valence electrons. The first-order chi connectivity index (χ1) is 11.5. The molecule has 0 unspecified atom stereocenters. The average molecular weight is 350 g/mol. The zero-order valence-electron chi connectivity index (χ0n) is 13.0. The first-order valence-electron chi connectivity index (χ1n) is 7.68. The Labute approximate surface area is 144 Å². The van der Waals surface area contributed by atoms with Gasteiger partial charge < -0.3 is 10.1 Å². The summed E-state index contributed by atoms with van der Waals surface area (Å²) in [6.45, 7) is 2.82. The molecule has 0 bridgehead atoms. The van der Waals surface area contributed by atoms with Crippen LogP contribution in [0.1, 0.15) is 15.9 Å². The van der Waals surface area contributed by atoms with E-state index in [0.29, 0.717) is 53.6 Å². The summed E-state index contributed by atoms with van der Waals surface area (Å²) in [5.74, 6) is -0.407. The number of carbonyl (C=O) groups excluding carboxylic acids is 1. The second kappa shape index (κ2) is 7.15. The number of benzene rings is 1. The predicted octanol–water partition coefficient (Wildman–Crippen LogP) is 2.07. The van der Waals surface area contributed by atoms with Crippen molar-refractivity contribution in [1.82, 2.24) is 9.80 Å². The fourth-order valence-electron chi connectivity index (χ4n) is 2.75. The third-order valence-corrected chi connectivity index (χ3v) is 4.51.